The van der Waals surface area contributed by atoms with Crippen LogP contribution in [-0.2, 0) is 6.54 Å². The molecule has 1 saturated carbocycles. The minimum atomic E-state index is 0.295. The highest BCUT2D eigenvalue weighted by atomic mass is 16.3. The van der Waals surface area contributed by atoms with E-state index in [4.69, 9.17) is 0 Å². The number of hydrogen-bond donors (Lipinski definition) is 2. The first-order valence-corrected chi connectivity index (χ1v) is 8.86. The molecule has 22 heavy (non-hydrogen) atoms. The number of aromatic amines is 1. The van der Waals surface area contributed by atoms with Gasteiger partial charge in [0.25, 0.3) is 0 Å². The molecular weight excluding hydrogens is 276 g/mol. The van der Waals surface area contributed by atoms with Crippen molar-refractivity contribution in [1.29, 1.82) is 0 Å². The molecule has 1 aromatic rings. The Balaban J connectivity index is 1.59. The van der Waals surface area contributed by atoms with Crippen molar-refractivity contribution in [1.82, 2.24) is 20.0 Å². The van der Waals surface area contributed by atoms with Gasteiger partial charge in [-0.1, -0.05) is 19.3 Å². The summed E-state index contributed by atoms with van der Waals surface area (Å²) in [6, 6.07) is 3.39. The van der Waals surface area contributed by atoms with E-state index in [9.17, 15) is 5.11 Å². The van der Waals surface area contributed by atoms with Gasteiger partial charge in [-0.3, -0.25) is 14.9 Å². The number of nitrogens with zero attached hydrogens (tertiary/aromatic N) is 3. The smallest absolute Gasteiger partial charge is 0.0765 e. The summed E-state index contributed by atoms with van der Waals surface area (Å²) in [5, 5.41) is 16.8. The van der Waals surface area contributed by atoms with Gasteiger partial charge >= 0.3 is 0 Å². The van der Waals surface area contributed by atoms with Crippen LogP contribution in [0.3, 0.4) is 0 Å². The van der Waals surface area contributed by atoms with Crippen molar-refractivity contribution in [2.75, 3.05) is 26.2 Å². The molecule has 0 amide bonds. The zero-order valence-electron chi connectivity index (χ0n) is 13.8. The number of aromatic nitrogens is 2. The highest BCUT2D eigenvalue weighted by molar-refractivity contribution is 5.06. The molecular formula is C17H30N4O. The first-order valence-electron chi connectivity index (χ1n) is 8.86. The maximum Gasteiger partial charge on any atom is 0.0765 e. The van der Waals surface area contributed by atoms with E-state index in [0.717, 1.165) is 50.0 Å². The fraction of sp³-hybridized carbons (Fsp3) is 0.824. The van der Waals surface area contributed by atoms with Crippen molar-refractivity contribution in [2.24, 2.45) is 0 Å². The average molecular weight is 306 g/mol. The summed E-state index contributed by atoms with van der Waals surface area (Å²) in [5.41, 5.74) is 2.26. The van der Waals surface area contributed by atoms with E-state index < -0.39 is 0 Å². The van der Waals surface area contributed by atoms with Crippen LogP contribution in [0.2, 0.25) is 0 Å². The van der Waals surface area contributed by atoms with E-state index in [0.29, 0.717) is 12.6 Å². The minimum Gasteiger partial charge on any atom is -0.396 e. The fourth-order valence-electron chi connectivity index (χ4n) is 4.16. The Kier molecular flexibility index (Phi) is 5.50. The van der Waals surface area contributed by atoms with Crippen LogP contribution in [0, 0.1) is 6.92 Å². The highest BCUT2D eigenvalue weighted by Crippen LogP contribution is 2.27. The van der Waals surface area contributed by atoms with Crippen LogP contribution < -0.4 is 0 Å². The predicted molar refractivity (Wildman–Crippen MR) is 87.7 cm³/mol. The number of hydrogen-bond acceptors (Lipinski definition) is 4. The Hall–Kier alpha value is -0.910. The summed E-state index contributed by atoms with van der Waals surface area (Å²) >= 11 is 0. The van der Waals surface area contributed by atoms with Crippen LogP contribution in [0.5, 0.6) is 0 Å². The second kappa shape index (κ2) is 7.57. The normalized spacial score (nSPS) is 25.6. The third kappa shape index (κ3) is 3.89. The molecule has 5 heteroatoms. The van der Waals surface area contributed by atoms with E-state index in [-0.39, 0.29) is 0 Å². The summed E-state index contributed by atoms with van der Waals surface area (Å²) in [6.45, 7) is 6.58. The summed E-state index contributed by atoms with van der Waals surface area (Å²) in [7, 11) is 0. The van der Waals surface area contributed by atoms with Gasteiger partial charge in [0.1, 0.15) is 0 Å². The quantitative estimate of drug-likeness (QED) is 0.873. The van der Waals surface area contributed by atoms with E-state index >= 15 is 0 Å². The Morgan fingerprint density at radius 1 is 1.27 bits per heavy atom. The molecule has 0 bridgehead atoms. The molecule has 0 spiro atoms. The first kappa shape index (κ1) is 16.0. The number of rotatable bonds is 5. The maximum absolute atomic E-state index is 9.45. The first-order chi connectivity index (χ1) is 10.8. The van der Waals surface area contributed by atoms with E-state index in [2.05, 4.69) is 26.1 Å². The lowest BCUT2D eigenvalue weighted by atomic mass is 9.92. The SMILES string of the molecule is Cc1cc(CN2CCN(C3CCCCC3)C(CCO)C2)n[nH]1. The van der Waals surface area contributed by atoms with Crippen LogP contribution in [0.4, 0.5) is 0 Å². The molecule has 124 valence electrons. The van der Waals surface area contributed by atoms with Crippen molar-refractivity contribution < 1.29 is 5.11 Å². The number of H-pyrrole nitrogens is 1. The molecule has 2 aliphatic rings. The molecule has 2 N–H and O–H groups in total. The standard InChI is InChI=1S/C17H30N4O/c1-14-11-15(19-18-14)12-20-8-9-21(17(13-20)7-10-22)16-5-3-2-4-6-16/h11,16-17,22H,2-10,12-13H2,1H3,(H,18,19). The number of nitrogens with one attached hydrogen (secondary N) is 1. The number of aliphatic hydroxyl groups excluding tert-OH is 1. The molecule has 1 aromatic heterocycles. The lowest BCUT2D eigenvalue weighted by Gasteiger charge is -2.46. The van der Waals surface area contributed by atoms with Crippen LogP contribution in [0.25, 0.3) is 0 Å². The zero-order valence-corrected chi connectivity index (χ0v) is 13.8. The van der Waals surface area contributed by atoms with E-state index in [1.807, 2.05) is 6.92 Å². The highest BCUT2D eigenvalue weighted by Gasteiger charge is 2.32. The van der Waals surface area contributed by atoms with Crippen molar-refractivity contribution in [2.45, 2.75) is 64.1 Å². The van der Waals surface area contributed by atoms with Gasteiger partial charge in [0, 0.05) is 50.6 Å². The van der Waals surface area contributed by atoms with Gasteiger partial charge in [0.05, 0.1) is 5.69 Å². The predicted octanol–water partition coefficient (Wildman–Crippen LogP) is 1.92. The summed E-state index contributed by atoms with van der Waals surface area (Å²) < 4.78 is 0. The van der Waals surface area contributed by atoms with Gasteiger partial charge in [-0.15, -0.1) is 0 Å². The molecule has 0 radical (unpaired) electrons. The lowest BCUT2D eigenvalue weighted by molar-refractivity contribution is 0.0133. The minimum absolute atomic E-state index is 0.295. The summed E-state index contributed by atoms with van der Waals surface area (Å²) in [5.74, 6) is 0. The Bertz CT molecular complexity index is 455. The van der Waals surface area contributed by atoms with Gasteiger partial charge in [0.2, 0.25) is 0 Å². The number of piperazine rings is 1. The molecule has 1 atom stereocenters. The van der Waals surface area contributed by atoms with Gasteiger partial charge in [-0.05, 0) is 32.3 Å². The third-order valence-corrected chi connectivity index (χ3v) is 5.26. The topological polar surface area (TPSA) is 55.4 Å². The maximum atomic E-state index is 9.45. The fourth-order valence-corrected chi connectivity index (χ4v) is 4.16. The second-order valence-corrected chi connectivity index (χ2v) is 6.97. The summed E-state index contributed by atoms with van der Waals surface area (Å²) in [4.78, 5) is 5.19. The second-order valence-electron chi connectivity index (χ2n) is 6.97. The van der Waals surface area contributed by atoms with Crippen molar-refractivity contribution in [3.05, 3.63) is 17.5 Å². The molecule has 0 aromatic carbocycles. The van der Waals surface area contributed by atoms with Crippen LogP contribution in [0.1, 0.15) is 49.9 Å². The Labute approximate surface area is 133 Å². The van der Waals surface area contributed by atoms with Crippen LogP contribution >= 0.6 is 0 Å². The number of aryl methyl sites for hydroxylation is 1. The van der Waals surface area contributed by atoms with Gasteiger partial charge in [-0.25, -0.2) is 0 Å². The van der Waals surface area contributed by atoms with Crippen molar-refractivity contribution in [3.63, 3.8) is 0 Å². The third-order valence-electron chi connectivity index (χ3n) is 5.26. The monoisotopic (exact) mass is 306 g/mol. The van der Waals surface area contributed by atoms with Crippen LogP contribution in [-0.4, -0.2) is 63.4 Å². The van der Waals surface area contributed by atoms with Gasteiger partial charge in [-0.2, -0.15) is 5.10 Å². The van der Waals surface area contributed by atoms with E-state index in [1.165, 1.54) is 32.1 Å². The molecule has 1 unspecified atom stereocenters. The van der Waals surface area contributed by atoms with Crippen LogP contribution in [0.15, 0.2) is 6.07 Å². The Morgan fingerprint density at radius 3 is 2.77 bits per heavy atom. The largest absolute Gasteiger partial charge is 0.396 e. The Morgan fingerprint density at radius 2 is 2.09 bits per heavy atom. The van der Waals surface area contributed by atoms with Crippen molar-refractivity contribution >= 4 is 0 Å². The molecule has 2 fully saturated rings. The average Bonchev–Trinajstić information content (AvgIpc) is 2.94. The molecule has 1 saturated heterocycles. The zero-order chi connectivity index (χ0) is 15.4. The molecule has 2 heterocycles. The molecule has 1 aliphatic heterocycles. The molecule has 5 nitrogen and oxygen atoms in total. The molecule has 1 aliphatic carbocycles. The van der Waals surface area contributed by atoms with Gasteiger partial charge < -0.3 is 5.11 Å². The van der Waals surface area contributed by atoms with Crippen molar-refractivity contribution in [3.8, 4) is 0 Å². The number of aliphatic hydroxyl groups is 1. The van der Waals surface area contributed by atoms with Gasteiger partial charge in [0.15, 0.2) is 0 Å². The molecule has 3 rings (SSSR count). The van der Waals surface area contributed by atoms with E-state index in [1.54, 1.807) is 0 Å². The summed E-state index contributed by atoms with van der Waals surface area (Å²) in [6.07, 6.45) is 7.75. The lowest BCUT2D eigenvalue weighted by Crippen LogP contribution is -2.56.